The molecule has 1 fully saturated rings. The van der Waals surface area contributed by atoms with Gasteiger partial charge in [-0.15, -0.1) is 0 Å². The lowest BCUT2D eigenvalue weighted by Gasteiger charge is -2.41. The Kier molecular flexibility index (Phi) is 4.53. The monoisotopic (exact) mass is 281 g/mol. The SMILES string of the molecule is CCC(C)(C(=O)c1ccc(F)cc1F)N1CCCCC1. The largest absolute Gasteiger partial charge is 0.292 e. The van der Waals surface area contributed by atoms with E-state index in [-0.39, 0.29) is 11.3 Å². The molecule has 1 atom stereocenters. The van der Waals surface area contributed by atoms with Crippen LogP contribution in [0.15, 0.2) is 18.2 Å². The van der Waals surface area contributed by atoms with Gasteiger partial charge in [-0.05, 0) is 51.4 Å². The lowest BCUT2D eigenvalue weighted by Crippen LogP contribution is -2.54. The molecule has 0 saturated carbocycles. The normalized spacial score (nSPS) is 19.6. The second-order valence-electron chi connectivity index (χ2n) is 5.63. The predicted molar refractivity (Wildman–Crippen MR) is 74.8 cm³/mol. The van der Waals surface area contributed by atoms with E-state index in [1.165, 1.54) is 12.5 Å². The zero-order valence-electron chi connectivity index (χ0n) is 12.1. The highest BCUT2D eigenvalue weighted by Crippen LogP contribution is 2.29. The van der Waals surface area contributed by atoms with E-state index in [2.05, 4.69) is 4.90 Å². The van der Waals surface area contributed by atoms with Crippen molar-refractivity contribution in [2.45, 2.75) is 45.1 Å². The maximum Gasteiger partial charge on any atom is 0.185 e. The smallest absolute Gasteiger partial charge is 0.185 e. The van der Waals surface area contributed by atoms with Crippen LogP contribution >= 0.6 is 0 Å². The van der Waals surface area contributed by atoms with Crippen molar-refractivity contribution in [3.8, 4) is 0 Å². The molecule has 2 nitrogen and oxygen atoms in total. The fraction of sp³-hybridized carbons (Fsp3) is 0.562. The first-order chi connectivity index (χ1) is 9.49. The molecule has 1 unspecified atom stereocenters. The van der Waals surface area contributed by atoms with Gasteiger partial charge in [-0.3, -0.25) is 9.69 Å². The van der Waals surface area contributed by atoms with Crippen LogP contribution in [0.1, 0.15) is 49.9 Å². The van der Waals surface area contributed by atoms with Crippen LogP contribution in [-0.4, -0.2) is 29.3 Å². The number of likely N-dealkylation sites (tertiary alicyclic amines) is 1. The molecule has 1 saturated heterocycles. The second kappa shape index (κ2) is 6.00. The standard InChI is InChI=1S/C16H21F2NO/c1-3-16(2,19-9-5-4-6-10-19)15(20)13-8-7-12(17)11-14(13)18/h7-8,11H,3-6,9-10H2,1-2H3. The summed E-state index contributed by atoms with van der Waals surface area (Å²) in [5.74, 6) is -1.68. The maximum absolute atomic E-state index is 13.9. The summed E-state index contributed by atoms with van der Waals surface area (Å²) >= 11 is 0. The average molecular weight is 281 g/mol. The van der Waals surface area contributed by atoms with Crippen molar-refractivity contribution in [1.82, 2.24) is 4.90 Å². The Balaban J connectivity index is 2.32. The zero-order chi connectivity index (χ0) is 14.8. The zero-order valence-corrected chi connectivity index (χ0v) is 12.1. The molecule has 2 rings (SSSR count). The van der Waals surface area contributed by atoms with Gasteiger partial charge in [0.15, 0.2) is 5.78 Å². The summed E-state index contributed by atoms with van der Waals surface area (Å²) in [7, 11) is 0. The highest BCUT2D eigenvalue weighted by atomic mass is 19.1. The van der Waals surface area contributed by atoms with Gasteiger partial charge in [-0.1, -0.05) is 13.3 Å². The van der Waals surface area contributed by atoms with E-state index < -0.39 is 17.2 Å². The average Bonchev–Trinajstić information content (AvgIpc) is 2.46. The summed E-state index contributed by atoms with van der Waals surface area (Å²) in [6, 6.07) is 3.17. The molecule has 0 aliphatic carbocycles. The Morgan fingerprint density at radius 1 is 1.25 bits per heavy atom. The third-order valence-corrected chi connectivity index (χ3v) is 4.41. The molecule has 1 aromatic carbocycles. The summed E-state index contributed by atoms with van der Waals surface area (Å²) in [5, 5.41) is 0. The van der Waals surface area contributed by atoms with Crippen molar-refractivity contribution in [3.63, 3.8) is 0 Å². The Morgan fingerprint density at radius 3 is 2.45 bits per heavy atom. The van der Waals surface area contributed by atoms with Gasteiger partial charge in [-0.2, -0.15) is 0 Å². The molecule has 110 valence electrons. The third-order valence-electron chi connectivity index (χ3n) is 4.41. The Morgan fingerprint density at radius 2 is 1.90 bits per heavy atom. The summed E-state index contributed by atoms with van der Waals surface area (Å²) in [4.78, 5) is 14.9. The number of carbonyl (C=O) groups is 1. The van der Waals surface area contributed by atoms with Crippen LogP contribution in [0.2, 0.25) is 0 Å². The number of rotatable bonds is 4. The van der Waals surface area contributed by atoms with Gasteiger partial charge in [0.1, 0.15) is 11.6 Å². The van der Waals surface area contributed by atoms with Gasteiger partial charge in [0.25, 0.3) is 0 Å². The van der Waals surface area contributed by atoms with Gasteiger partial charge >= 0.3 is 0 Å². The van der Waals surface area contributed by atoms with Crippen molar-refractivity contribution in [1.29, 1.82) is 0 Å². The Bertz CT molecular complexity index is 497. The summed E-state index contributed by atoms with van der Waals surface area (Å²) in [6.07, 6.45) is 3.92. The molecule has 1 heterocycles. The third kappa shape index (κ3) is 2.75. The number of ketones is 1. The number of piperidine rings is 1. The van der Waals surface area contributed by atoms with Crippen molar-refractivity contribution in [2.75, 3.05) is 13.1 Å². The Labute approximate surface area is 118 Å². The van der Waals surface area contributed by atoms with Gasteiger partial charge in [-0.25, -0.2) is 8.78 Å². The van der Waals surface area contributed by atoms with Crippen molar-refractivity contribution in [2.24, 2.45) is 0 Å². The van der Waals surface area contributed by atoms with Crippen LogP contribution in [0.4, 0.5) is 8.78 Å². The molecule has 1 aromatic rings. The van der Waals surface area contributed by atoms with Crippen molar-refractivity contribution < 1.29 is 13.6 Å². The van der Waals surface area contributed by atoms with E-state index in [0.717, 1.165) is 38.1 Å². The number of halogens is 2. The first-order valence-electron chi connectivity index (χ1n) is 7.24. The molecule has 0 radical (unpaired) electrons. The van der Waals surface area contributed by atoms with Gasteiger partial charge in [0, 0.05) is 6.07 Å². The maximum atomic E-state index is 13.9. The summed E-state index contributed by atoms with van der Waals surface area (Å²) < 4.78 is 26.8. The summed E-state index contributed by atoms with van der Waals surface area (Å²) in [5.41, 5.74) is -0.722. The van der Waals surface area contributed by atoms with Gasteiger partial charge in [0.2, 0.25) is 0 Å². The lowest BCUT2D eigenvalue weighted by molar-refractivity contribution is 0.0501. The van der Waals surface area contributed by atoms with Crippen LogP contribution < -0.4 is 0 Å². The number of carbonyl (C=O) groups excluding carboxylic acids is 1. The minimum atomic E-state index is -0.772. The highest BCUT2D eigenvalue weighted by Gasteiger charge is 2.39. The van der Waals surface area contributed by atoms with Crippen LogP contribution in [0, 0.1) is 11.6 Å². The number of benzene rings is 1. The summed E-state index contributed by atoms with van der Waals surface area (Å²) in [6.45, 7) is 5.52. The number of hydrogen-bond donors (Lipinski definition) is 0. The minimum absolute atomic E-state index is 0.0127. The van der Waals surface area contributed by atoms with E-state index >= 15 is 0 Å². The van der Waals surface area contributed by atoms with E-state index in [1.54, 1.807) is 0 Å². The lowest BCUT2D eigenvalue weighted by atomic mass is 9.85. The number of hydrogen-bond acceptors (Lipinski definition) is 2. The molecule has 0 bridgehead atoms. The molecule has 1 aliphatic heterocycles. The minimum Gasteiger partial charge on any atom is -0.292 e. The van der Waals surface area contributed by atoms with Crippen LogP contribution in [0.3, 0.4) is 0 Å². The van der Waals surface area contributed by atoms with Gasteiger partial charge < -0.3 is 0 Å². The number of nitrogens with zero attached hydrogens (tertiary/aromatic N) is 1. The molecule has 20 heavy (non-hydrogen) atoms. The number of Topliss-reactive ketones (excluding diaryl/α,β-unsaturated/α-hetero) is 1. The molecule has 1 aliphatic rings. The molecule has 0 spiro atoms. The van der Waals surface area contributed by atoms with Crippen molar-refractivity contribution in [3.05, 3.63) is 35.4 Å². The predicted octanol–water partition coefficient (Wildman–Crippen LogP) is 3.80. The van der Waals surface area contributed by atoms with Crippen LogP contribution in [0.5, 0.6) is 0 Å². The highest BCUT2D eigenvalue weighted by molar-refractivity contribution is 6.03. The quantitative estimate of drug-likeness (QED) is 0.782. The van der Waals surface area contributed by atoms with E-state index in [0.29, 0.717) is 6.42 Å². The molecule has 4 heteroatoms. The molecule has 0 aromatic heterocycles. The van der Waals surface area contributed by atoms with E-state index in [9.17, 15) is 13.6 Å². The second-order valence-corrected chi connectivity index (χ2v) is 5.63. The van der Waals surface area contributed by atoms with Crippen LogP contribution in [-0.2, 0) is 0 Å². The molecule has 0 amide bonds. The molecular formula is C16H21F2NO. The Hall–Kier alpha value is -1.29. The molecule has 0 N–H and O–H groups in total. The molecular weight excluding hydrogens is 260 g/mol. The van der Waals surface area contributed by atoms with Crippen LogP contribution in [0.25, 0.3) is 0 Å². The van der Waals surface area contributed by atoms with Gasteiger partial charge in [0.05, 0.1) is 11.1 Å². The fourth-order valence-electron chi connectivity index (χ4n) is 2.88. The van der Waals surface area contributed by atoms with E-state index in [4.69, 9.17) is 0 Å². The fourth-order valence-corrected chi connectivity index (χ4v) is 2.88. The first-order valence-corrected chi connectivity index (χ1v) is 7.24. The van der Waals surface area contributed by atoms with E-state index in [1.807, 2.05) is 13.8 Å². The topological polar surface area (TPSA) is 20.3 Å². The van der Waals surface area contributed by atoms with Crippen molar-refractivity contribution >= 4 is 5.78 Å². The first kappa shape index (κ1) is 15.1.